The fraction of sp³-hybridized carbons (Fsp3) is 0.0526. The first kappa shape index (κ1) is 16.6. The maximum atomic E-state index is 10.9. The molecular formula is C19H13N3O2S. The molecule has 0 N–H and O–H groups in total. The molecule has 122 valence electrons. The molecule has 3 aromatic rings. The maximum Gasteiger partial charge on any atom is 0.270 e. The Morgan fingerprint density at radius 2 is 2.08 bits per heavy atom. The number of nitriles is 1. The van der Waals surface area contributed by atoms with E-state index in [4.69, 9.17) is 0 Å². The molecule has 0 saturated heterocycles. The zero-order chi connectivity index (χ0) is 17.8. The van der Waals surface area contributed by atoms with Crippen molar-refractivity contribution in [3.63, 3.8) is 0 Å². The lowest BCUT2D eigenvalue weighted by atomic mass is 10.1. The zero-order valence-electron chi connectivity index (χ0n) is 13.3. The highest BCUT2D eigenvalue weighted by molar-refractivity contribution is 7.11. The lowest BCUT2D eigenvalue weighted by Gasteiger charge is -2.00. The number of benzene rings is 2. The molecule has 0 radical (unpaired) electrons. The molecule has 3 rings (SSSR count). The Kier molecular flexibility index (Phi) is 4.68. The number of nitrogens with zero attached hydrogens (tertiary/aromatic N) is 3. The lowest BCUT2D eigenvalue weighted by molar-refractivity contribution is -0.384. The van der Waals surface area contributed by atoms with Gasteiger partial charge in [0.05, 0.1) is 16.2 Å². The van der Waals surface area contributed by atoms with Gasteiger partial charge in [-0.2, -0.15) is 5.26 Å². The first-order valence-electron chi connectivity index (χ1n) is 7.46. The van der Waals surface area contributed by atoms with E-state index in [-0.39, 0.29) is 5.69 Å². The van der Waals surface area contributed by atoms with Crippen LogP contribution in [0.15, 0.2) is 53.9 Å². The minimum absolute atomic E-state index is 0.0167. The summed E-state index contributed by atoms with van der Waals surface area (Å²) in [4.78, 5) is 15.0. The third-order valence-corrected chi connectivity index (χ3v) is 4.57. The highest BCUT2D eigenvalue weighted by Gasteiger charge is 2.12. The van der Waals surface area contributed by atoms with Gasteiger partial charge in [0.2, 0.25) is 0 Å². The Hall–Kier alpha value is -3.30. The Bertz CT molecular complexity index is 1020. The van der Waals surface area contributed by atoms with Gasteiger partial charge < -0.3 is 0 Å². The number of non-ortho nitro benzene ring substituents is 1. The van der Waals surface area contributed by atoms with Crippen molar-refractivity contribution in [2.45, 2.75) is 6.92 Å². The van der Waals surface area contributed by atoms with Crippen LogP contribution in [-0.2, 0) is 0 Å². The van der Waals surface area contributed by atoms with E-state index in [0.29, 0.717) is 21.8 Å². The van der Waals surface area contributed by atoms with Gasteiger partial charge in [0.25, 0.3) is 5.69 Å². The van der Waals surface area contributed by atoms with Gasteiger partial charge in [-0.15, -0.1) is 11.3 Å². The van der Waals surface area contributed by atoms with E-state index < -0.39 is 4.92 Å². The van der Waals surface area contributed by atoms with Gasteiger partial charge in [-0.05, 0) is 24.1 Å². The third kappa shape index (κ3) is 3.62. The van der Waals surface area contributed by atoms with E-state index >= 15 is 0 Å². The average Bonchev–Trinajstić information content (AvgIpc) is 3.11. The van der Waals surface area contributed by atoms with Crippen LogP contribution < -0.4 is 0 Å². The zero-order valence-corrected chi connectivity index (χ0v) is 14.2. The number of rotatable bonds is 4. The Labute approximate surface area is 148 Å². The summed E-state index contributed by atoms with van der Waals surface area (Å²) < 4.78 is 0. The molecule has 0 aliphatic heterocycles. The Balaban J connectivity index is 1.98. The predicted octanol–water partition coefficient (Wildman–Crippen LogP) is 5.09. The minimum Gasteiger partial charge on any atom is -0.258 e. The molecule has 6 heteroatoms. The molecule has 1 aromatic heterocycles. The molecule has 0 spiro atoms. The molecule has 1 heterocycles. The summed E-state index contributed by atoms with van der Waals surface area (Å²) in [5.41, 5.74) is 3.80. The van der Waals surface area contributed by atoms with Crippen molar-refractivity contribution in [1.82, 2.24) is 4.98 Å². The summed E-state index contributed by atoms with van der Waals surface area (Å²) >= 11 is 1.34. The monoisotopic (exact) mass is 347 g/mol. The fourth-order valence-electron chi connectivity index (χ4n) is 2.35. The second-order valence-corrected chi connectivity index (χ2v) is 6.23. The van der Waals surface area contributed by atoms with Gasteiger partial charge in [-0.25, -0.2) is 4.98 Å². The van der Waals surface area contributed by atoms with Crippen molar-refractivity contribution in [2.24, 2.45) is 0 Å². The van der Waals surface area contributed by atoms with E-state index in [1.807, 2.05) is 37.3 Å². The van der Waals surface area contributed by atoms with Crippen LogP contribution in [0.4, 0.5) is 5.69 Å². The molecule has 0 atom stereocenters. The van der Waals surface area contributed by atoms with E-state index in [1.165, 1.54) is 23.5 Å². The summed E-state index contributed by atoms with van der Waals surface area (Å²) in [6.07, 6.45) is 1.81. The molecule has 0 fully saturated rings. The fourth-order valence-corrected chi connectivity index (χ4v) is 3.15. The van der Waals surface area contributed by atoms with Crippen molar-refractivity contribution in [3.8, 4) is 17.3 Å². The molecule has 2 aromatic carbocycles. The van der Waals surface area contributed by atoms with Gasteiger partial charge in [0, 0.05) is 23.1 Å². The van der Waals surface area contributed by atoms with Crippen molar-refractivity contribution >= 4 is 28.7 Å². The summed E-state index contributed by atoms with van der Waals surface area (Å²) in [6, 6.07) is 16.3. The van der Waals surface area contributed by atoms with Crippen LogP contribution in [0.3, 0.4) is 0 Å². The Morgan fingerprint density at radius 3 is 2.80 bits per heavy atom. The molecule has 0 unspecified atom stereocenters. The van der Waals surface area contributed by atoms with Crippen molar-refractivity contribution in [2.75, 3.05) is 0 Å². The van der Waals surface area contributed by atoms with Gasteiger partial charge in [0.15, 0.2) is 0 Å². The van der Waals surface area contributed by atoms with Crippen LogP contribution in [0.25, 0.3) is 22.9 Å². The first-order chi connectivity index (χ1) is 12.1. The van der Waals surface area contributed by atoms with Crippen molar-refractivity contribution in [1.29, 1.82) is 5.26 Å². The van der Waals surface area contributed by atoms with Crippen LogP contribution in [0.1, 0.15) is 16.1 Å². The van der Waals surface area contributed by atoms with E-state index in [9.17, 15) is 15.4 Å². The number of nitro benzene ring substituents is 1. The van der Waals surface area contributed by atoms with Crippen molar-refractivity contribution < 1.29 is 4.92 Å². The van der Waals surface area contributed by atoms with Gasteiger partial charge in [0.1, 0.15) is 11.1 Å². The smallest absolute Gasteiger partial charge is 0.258 e. The molecule has 0 aliphatic carbocycles. The number of aryl methyl sites for hydroxylation is 1. The standard InChI is InChI=1S/C19H13N3O2S/c1-13-5-2-3-6-14(13)9-16(11-20)19-21-18(12-25-19)15-7-4-8-17(10-15)22(23)24/h2-10,12H,1H3/b16-9+. The minimum atomic E-state index is -0.435. The maximum absolute atomic E-state index is 10.9. The van der Waals surface area contributed by atoms with E-state index in [2.05, 4.69) is 11.1 Å². The van der Waals surface area contributed by atoms with E-state index in [1.54, 1.807) is 17.5 Å². The van der Waals surface area contributed by atoms with Gasteiger partial charge >= 0.3 is 0 Å². The molecule has 0 amide bonds. The quantitative estimate of drug-likeness (QED) is 0.374. The van der Waals surface area contributed by atoms with Crippen LogP contribution >= 0.6 is 11.3 Å². The largest absolute Gasteiger partial charge is 0.270 e. The third-order valence-electron chi connectivity index (χ3n) is 3.70. The van der Waals surface area contributed by atoms with Gasteiger partial charge in [-0.1, -0.05) is 36.4 Å². The molecule has 25 heavy (non-hydrogen) atoms. The number of allylic oxidation sites excluding steroid dienone is 1. The number of aromatic nitrogens is 1. The summed E-state index contributed by atoms with van der Waals surface area (Å²) in [5, 5.41) is 22.8. The van der Waals surface area contributed by atoms with Gasteiger partial charge in [-0.3, -0.25) is 10.1 Å². The summed E-state index contributed by atoms with van der Waals surface area (Å²) in [5.74, 6) is 0. The second-order valence-electron chi connectivity index (χ2n) is 5.37. The average molecular weight is 347 g/mol. The molecule has 0 bridgehead atoms. The second kappa shape index (κ2) is 7.07. The van der Waals surface area contributed by atoms with Crippen LogP contribution in [0, 0.1) is 28.4 Å². The van der Waals surface area contributed by atoms with Crippen LogP contribution in [0.2, 0.25) is 0 Å². The highest BCUT2D eigenvalue weighted by Crippen LogP contribution is 2.29. The molecular weight excluding hydrogens is 334 g/mol. The van der Waals surface area contributed by atoms with E-state index in [0.717, 1.165) is 11.1 Å². The number of thiazole rings is 1. The van der Waals surface area contributed by atoms with Crippen molar-refractivity contribution in [3.05, 3.63) is 80.2 Å². The first-order valence-corrected chi connectivity index (χ1v) is 8.34. The number of nitro groups is 1. The Morgan fingerprint density at radius 1 is 1.28 bits per heavy atom. The molecule has 0 saturated carbocycles. The SMILES string of the molecule is Cc1ccccc1/C=C(\C#N)c1nc(-c2cccc([N+](=O)[O-])c2)cs1. The predicted molar refractivity (Wildman–Crippen MR) is 98.9 cm³/mol. The van der Waals surface area contributed by atoms with Crippen LogP contribution in [0.5, 0.6) is 0 Å². The number of hydrogen-bond acceptors (Lipinski definition) is 5. The normalized spacial score (nSPS) is 11.1. The number of hydrogen-bond donors (Lipinski definition) is 0. The highest BCUT2D eigenvalue weighted by atomic mass is 32.1. The molecule has 0 aliphatic rings. The molecule has 5 nitrogen and oxygen atoms in total. The lowest BCUT2D eigenvalue weighted by Crippen LogP contribution is -1.88. The topological polar surface area (TPSA) is 79.8 Å². The summed E-state index contributed by atoms with van der Waals surface area (Å²) in [7, 11) is 0. The summed E-state index contributed by atoms with van der Waals surface area (Å²) in [6.45, 7) is 1.98. The van der Waals surface area contributed by atoms with Crippen LogP contribution in [-0.4, -0.2) is 9.91 Å².